The quantitative estimate of drug-likeness (QED) is 0.154. The number of benzene rings is 2. The highest BCUT2D eigenvalue weighted by molar-refractivity contribution is 6.22. The molecule has 366 valence electrons. The highest BCUT2D eigenvalue weighted by Gasteiger charge is 2.69. The number of fused-ring (bicyclic) bond motifs is 14. The van der Waals surface area contributed by atoms with Crippen LogP contribution in [-0.4, -0.2) is 45.7 Å². The SMILES string of the molecule is COC(=O)[C@]1(C)CC[C@]2(C)CC[C@]3(C)c4ccc5c(c4=C(C)C(=O)[C@@]3(C)C2C1)=CC(=O)C(O)=C5C.[2H]C1C=C2[C@@](C)(CC[C@@]3(C)[C@@H]4C[C@](C)(C(C)=O)CC[C@]4(C)CC[C@]23C)c2cc(O)c(O)c(C)c21. The Morgan fingerprint density at radius 2 is 1.31 bits per heavy atom. The van der Waals surface area contributed by atoms with E-state index in [9.17, 15) is 34.5 Å². The van der Waals surface area contributed by atoms with E-state index in [0.717, 1.165) is 103 Å². The van der Waals surface area contributed by atoms with Crippen molar-refractivity contribution >= 4 is 40.5 Å². The number of Topliss-reactive ketones (excluding diaryl/α,β-unsaturated/α-hetero) is 3. The Morgan fingerprint density at radius 3 is 1.94 bits per heavy atom. The Morgan fingerprint density at radius 1 is 0.721 bits per heavy atom. The summed E-state index contributed by atoms with van der Waals surface area (Å²) in [6.45, 7) is 27.7. The van der Waals surface area contributed by atoms with Gasteiger partial charge in [0.1, 0.15) is 5.78 Å². The molecule has 3 N–H and O–H groups in total. The van der Waals surface area contributed by atoms with Crippen molar-refractivity contribution < 1.29 is 40.6 Å². The van der Waals surface area contributed by atoms with Gasteiger partial charge in [-0.2, -0.15) is 0 Å². The zero-order valence-electron chi connectivity index (χ0n) is 44.5. The van der Waals surface area contributed by atoms with Gasteiger partial charge < -0.3 is 20.1 Å². The molecule has 0 heterocycles. The van der Waals surface area contributed by atoms with Crippen LogP contribution in [0.4, 0.5) is 0 Å². The topological polar surface area (TPSA) is 138 Å². The van der Waals surface area contributed by atoms with Crippen molar-refractivity contribution in [1.29, 1.82) is 0 Å². The number of carbonyl (C=O) groups excluding carboxylic acids is 4. The number of carbonyl (C=O) groups is 4. The molecule has 10 rings (SSSR count). The van der Waals surface area contributed by atoms with Gasteiger partial charge in [0.15, 0.2) is 23.0 Å². The number of methoxy groups -OCH3 is 1. The molecule has 2 aromatic carbocycles. The van der Waals surface area contributed by atoms with Crippen LogP contribution in [0.25, 0.3) is 17.2 Å². The van der Waals surface area contributed by atoms with Crippen molar-refractivity contribution in [2.24, 2.45) is 49.7 Å². The highest BCUT2D eigenvalue weighted by Crippen LogP contribution is 2.75. The van der Waals surface area contributed by atoms with E-state index >= 15 is 0 Å². The minimum Gasteiger partial charge on any atom is -0.504 e. The molecule has 0 radical (unpaired) electrons. The lowest BCUT2D eigenvalue weighted by Crippen LogP contribution is -2.66. The number of esters is 1. The van der Waals surface area contributed by atoms with Gasteiger partial charge in [-0.15, -0.1) is 0 Å². The first-order valence-corrected chi connectivity index (χ1v) is 25.5. The van der Waals surface area contributed by atoms with Gasteiger partial charge in [0.05, 0.1) is 12.5 Å². The Kier molecular flexibility index (Phi) is 10.4. The molecule has 0 bridgehead atoms. The largest absolute Gasteiger partial charge is 0.504 e. The van der Waals surface area contributed by atoms with Crippen molar-refractivity contribution in [3.63, 3.8) is 0 Å². The second-order valence-corrected chi connectivity index (χ2v) is 25.6. The molecule has 5 fully saturated rings. The van der Waals surface area contributed by atoms with E-state index in [1.165, 1.54) is 18.8 Å². The molecule has 0 spiro atoms. The van der Waals surface area contributed by atoms with Crippen molar-refractivity contribution in [2.75, 3.05) is 7.11 Å². The first-order chi connectivity index (χ1) is 31.9. The van der Waals surface area contributed by atoms with E-state index in [4.69, 9.17) is 6.11 Å². The van der Waals surface area contributed by atoms with Crippen molar-refractivity contribution in [3.8, 4) is 11.5 Å². The fourth-order valence-corrected chi connectivity index (χ4v) is 16.9. The smallest absolute Gasteiger partial charge is 0.311 e. The van der Waals surface area contributed by atoms with Crippen LogP contribution >= 0.6 is 0 Å². The van der Waals surface area contributed by atoms with Gasteiger partial charge in [-0.1, -0.05) is 79.2 Å². The average Bonchev–Trinajstić information content (AvgIpc) is 3.30. The first-order valence-electron chi connectivity index (χ1n) is 26.1. The molecule has 8 nitrogen and oxygen atoms in total. The van der Waals surface area contributed by atoms with Crippen LogP contribution in [0, 0.1) is 56.7 Å². The van der Waals surface area contributed by atoms with Crippen LogP contribution in [0.3, 0.4) is 0 Å². The molecule has 8 aliphatic carbocycles. The fraction of sp³-hybridized carbons (Fsp3) is 0.633. The maximum Gasteiger partial charge on any atom is 0.311 e. The Balaban J connectivity index is 0.000000172. The standard InChI is InChI=1S/C30H36O5.C30H42O3/c1-16-18-8-9-20-23(19(18)14-21(31)24(16)32)17(2)25(33)30(6)22-15-28(4,26(34)35-7)11-10-27(22,3)12-13-29(20,30)5;1-18-20-8-9-23-28(5,21(20)16-22(32)25(18)33)13-15-30(7)24-17-27(4,19(2)31)11-10-26(24,3)12-14-29(23,30)6/h8-9,14,22,32H,10-13,15H2,1-7H3;9,16,24,32-33H,8,10-15,17H2,1-7H3/t22?,27-,28-,29-,30-;24-,26-,27-,28+,29-,30+/m11/s1/i;8D/tm;8?,24-,26-,27-,28+,29-,30+. The molecular weight excluding hydrogens is 849 g/mol. The summed E-state index contributed by atoms with van der Waals surface area (Å²) < 4.78 is 14.3. The molecule has 8 aliphatic rings. The van der Waals surface area contributed by atoms with Gasteiger partial charge >= 0.3 is 5.97 Å². The Labute approximate surface area is 406 Å². The number of aliphatic hydroxyl groups excluding tert-OH is 1. The minimum absolute atomic E-state index is 0.0227. The van der Waals surface area contributed by atoms with Gasteiger partial charge in [0, 0.05) is 34.2 Å². The second kappa shape index (κ2) is 15.0. The van der Waals surface area contributed by atoms with Crippen LogP contribution in [-0.2, 0) is 41.1 Å². The highest BCUT2D eigenvalue weighted by atomic mass is 16.5. The summed E-state index contributed by atoms with van der Waals surface area (Å²) in [7, 11) is 1.45. The van der Waals surface area contributed by atoms with Crippen molar-refractivity contribution in [1.82, 2.24) is 0 Å². The van der Waals surface area contributed by atoms with Gasteiger partial charge in [-0.3, -0.25) is 19.2 Å². The van der Waals surface area contributed by atoms with Gasteiger partial charge in [0.25, 0.3) is 0 Å². The number of aromatic hydroxyl groups is 2. The molecule has 0 aromatic heterocycles. The zero-order valence-corrected chi connectivity index (χ0v) is 43.5. The summed E-state index contributed by atoms with van der Waals surface area (Å²) >= 11 is 0. The maximum absolute atomic E-state index is 14.5. The van der Waals surface area contributed by atoms with Crippen LogP contribution < -0.4 is 10.4 Å². The lowest BCUT2D eigenvalue weighted by Gasteiger charge is -2.70. The molecule has 12 atom stereocenters. The van der Waals surface area contributed by atoms with E-state index in [0.29, 0.717) is 34.8 Å². The molecule has 0 aliphatic heterocycles. The third kappa shape index (κ3) is 6.08. The summed E-state index contributed by atoms with van der Waals surface area (Å²) in [6.07, 6.45) is 14.6. The number of ketones is 3. The molecule has 5 saturated carbocycles. The predicted molar refractivity (Wildman–Crippen MR) is 267 cm³/mol. The summed E-state index contributed by atoms with van der Waals surface area (Å²) in [5, 5.41) is 32.8. The fourth-order valence-electron chi connectivity index (χ4n) is 16.9. The monoisotopic (exact) mass is 928 g/mol. The zero-order chi connectivity index (χ0) is 50.8. The van der Waals surface area contributed by atoms with Crippen LogP contribution in [0.15, 0.2) is 35.6 Å². The third-order valence-corrected chi connectivity index (χ3v) is 22.5. The van der Waals surface area contributed by atoms with E-state index in [1.54, 1.807) is 19.9 Å². The summed E-state index contributed by atoms with van der Waals surface area (Å²) in [5.74, 6) is -0.0823. The molecule has 8 heteroatoms. The molecule has 68 heavy (non-hydrogen) atoms. The molecule has 2 aromatic rings. The lowest BCUT2D eigenvalue weighted by molar-refractivity contribution is -0.173. The van der Waals surface area contributed by atoms with Crippen LogP contribution in [0.5, 0.6) is 11.5 Å². The number of hydrogen-bond donors (Lipinski definition) is 3. The number of ether oxygens (including phenoxy) is 1. The number of phenols is 2. The van der Waals surface area contributed by atoms with Crippen LogP contribution in [0.1, 0.15) is 189 Å². The van der Waals surface area contributed by atoms with Crippen molar-refractivity contribution in [3.05, 3.63) is 73.9 Å². The number of rotatable bonds is 2. The predicted octanol–water partition coefficient (Wildman–Crippen LogP) is 11.3. The minimum atomic E-state index is -0.688. The summed E-state index contributed by atoms with van der Waals surface area (Å²) in [4.78, 5) is 52.6. The number of aliphatic hydroxyl groups is 1. The average molecular weight is 928 g/mol. The molecule has 2 unspecified atom stereocenters. The maximum atomic E-state index is 14.5. The molecule has 0 amide bonds. The first kappa shape index (κ1) is 47.2. The van der Waals surface area contributed by atoms with Crippen LogP contribution in [0.2, 0.25) is 0 Å². The Hall–Kier alpha value is -4.46. The Bertz CT molecular complexity index is 2870. The normalized spacial score (nSPS) is 42.3. The summed E-state index contributed by atoms with van der Waals surface area (Å²) in [5.41, 5.74) is 4.94. The second-order valence-electron chi connectivity index (χ2n) is 25.6. The molecule has 0 saturated heterocycles. The number of phenolic OH excluding ortho intramolecular Hbond substituents is 2. The van der Waals surface area contributed by atoms with E-state index in [-0.39, 0.29) is 67.4 Å². The molecular formula is C60H78O8. The van der Waals surface area contributed by atoms with Gasteiger partial charge in [-0.05, 0) is 202 Å². The number of hydrogen-bond acceptors (Lipinski definition) is 8. The third-order valence-electron chi connectivity index (χ3n) is 22.5. The summed E-state index contributed by atoms with van der Waals surface area (Å²) in [6, 6.07) is 5.83. The van der Waals surface area contributed by atoms with Gasteiger partial charge in [-0.25, -0.2) is 0 Å². The van der Waals surface area contributed by atoms with Crippen molar-refractivity contribution in [2.45, 2.75) is 184 Å². The lowest BCUT2D eigenvalue weighted by atomic mass is 9.34. The van der Waals surface area contributed by atoms with E-state index in [2.05, 4.69) is 67.5 Å². The van der Waals surface area contributed by atoms with E-state index < -0.39 is 28.4 Å². The van der Waals surface area contributed by atoms with E-state index in [1.807, 2.05) is 26.8 Å². The number of allylic oxidation sites excluding steroid dienone is 4. The van der Waals surface area contributed by atoms with Gasteiger partial charge in [0.2, 0.25) is 5.78 Å².